The molecule has 0 aliphatic heterocycles. The van der Waals surface area contributed by atoms with Crippen molar-refractivity contribution in [3.8, 4) is 0 Å². The molecule has 0 bridgehead atoms. The minimum atomic E-state index is -0.200. The standard InChI is InChI=1S/C16H32N2O2/c1-5-11-17-14(16(19)20-6-2)12-18(4)15-10-8-7-9-13(15)3/h13-15,17H,5-12H2,1-4H3. The molecule has 4 nitrogen and oxygen atoms in total. The van der Waals surface area contributed by atoms with Gasteiger partial charge in [-0.1, -0.05) is 26.7 Å². The average Bonchev–Trinajstić information content (AvgIpc) is 2.43. The van der Waals surface area contributed by atoms with E-state index in [1.165, 1.54) is 25.7 Å². The first-order valence-electron chi connectivity index (χ1n) is 8.20. The fourth-order valence-electron chi connectivity index (χ4n) is 3.16. The van der Waals surface area contributed by atoms with Gasteiger partial charge in [0.25, 0.3) is 0 Å². The van der Waals surface area contributed by atoms with Crippen LogP contribution in [-0.4, -0.2) is 49.7 Å². The number of hydrogen-bond donors (Lipinski definition) is 1. The van der Waals surface area contributed by atoms with Crippen molar-refractivity contribution in [2.24, 2.45) is 5.92 Å². The summed E-state index contributed by atoms with van der Waals surface area (Å²) in [5.41, 5.74) is 0. The Balaban J connectivity index is 2.55. The third-order valence-electron chi connectivity index (χ3n) is 4.31. The first-order chi connectivity index (χ1) is 9.60. The molecule has 0 spiro atoms. The Kier molecular flexibility index (Phi) is 8.15. The molecule has 1 N–H and O–H groups in total. The first kappa shape index (κ1) is 17.4. The second-order valence-electron chi connectivity index (χ2n) is 6.03. The van der Waals surface area contributed by atoms with Gasteiger partial charge in [-0.3, -0.25) is 4.79 Å². The lowest BCUT2D eigenvalue weighted by molar-refractivity contribution is -0.146. The van der Waals surface area contributed by atoms with Crippen LogP contribution < -0.4 is 5.32 Å². The Labute approximate surface area is 124 Å². The molecule has 1 saturated carbocycles. The summed E-state index contributed by atoms with van der Waals surface area (Å²) in [5.74, 6) is 0.610. The van der Waals surface area contributed by atoms with E-state index >= 15 is 0 Å². The van der Waals surface area contributed by atoms with Gasteiger partial charge >= 0.3 is 5.97 Å². The zero-order valence-electron chi connectivity index (χ0n) is 13.7. The van der Waals surface area contributed by atoms with Gasteiger partial charge in [0.15, 0.2) is 0 Å². The predicted octanol–water partition coefficient (Wildman–Crippen LogP) is 2.43. The molecule has 1 aliphatic carbocycles. The van der Waals surface area contributed by atoms with Gasteiger partial charge in [-0.2, -0.15) is 0 Å². The van der Waals surface area contributed by atoms with Crippen LogP contribution in [0.2, 0.25) is 0 Å². The molecule has 20 heavy (non-hydrogen) atoms. The van der Waals surface area contributed by atoms with Gasteiger partial charge in [0.2, 0.25) is 0 Å². The van der Waals surface area contributed by atoms with Crippen LogP contribution in [0.4, 0.5) is 0 Å². The molecule has 0 amide bonds. The Morgan fingerprint density at radius 3 is 2.65 bits per heavy atom. The van der Waals surface area contributed by atoms with Crippen LogP contribution in [0.25, 0.3) is 0 Å². The molecule has 1 aliphatic rings. The Morgan fingerprint density at radius 2 is 2.05 bits per heavy atom. The van der Waals surface area contributed by atoms with E-state index in [0.29, 0.717) is 12.6 Å². The van der Waals surface area contributed by atoms with Crippen molar-refractivity contribution in [3.05, 3.63) is 0 Å². The maximum atomic E-state index is 12.0. The predicted molar refractivity (Wildman–Crippen MR) is 82.8 cm³/mol. The van der Waals surface area contributed by atoms with E-state index in [-0.39, 0.29) is 12.0 Å². The fraction of sp³-hybridized carbons (Fsp3) is 0.938. The van der Waals surface area contributed by atoms with Crippen molar-refractivity contribution in [1.82, 2.24) is 10.2 Å². The molecule has 1 fully saturated rings. The van der Waals surface area contributed by atoms with Crippen LogP contribution in [0.3, 0.4) is 0 Å². The highest BCUT2D eigenvalue weighted by Crippen LogP contribution is 2.27. The molecular formula is C16H32N2O2. The third kappa shape index (κ3) is 5.41. The van der Waals surface area contributed by atoms with Crippen LogP contribution in [0.15, 0.2) is 0 Å². The van der Waals surface area contributed by atoms with Crippen molar-refractivity contribution < 1.29 is 9.53 Å². The second-order valence-corrected chi connectivity index (χ2v) is 6.03. The number of hydrogen-bond acceptors (Lipinski definition) is 4. The van der Waals surface area contributed by atoms with Crippen molar-refractivity contribution in [2.75, 3.05) is 26.7 Å². The van der Waals surface area contributed by atoms with Crippen molar-refractivity contribution in [1.29, 1.82) is 0 Å². The van der Waals surface area contributed by atoms with Crippen LogP contribution in [-0.2, 0) is 9.53 Å². The SMILES string of the molecule is CCCNC(CN(C)C1CCCCC1C)C(=O)OCC. The average molecular weight is 284 g/mol. The van der Waals surface area contributed by atoms with Gasteiger partial charge in [-0.05, 0) is 45.7 Å². The maximum Gasteiger partial charge on any atom is 0.324 e. The highest BCUT2D eigenvalue weighted by atomic mass is 16.5. The molecule has 3 atom stereocenters. The maximum absolute atomic E-state index is 12.0. The summed E-state index contributed by atoms with van der Waals surface area (Å²) in [4.78, 5) is 14.4. The largest absolute Gasteiger partial charge is 0.465 e. The minimum Gasteiger partial charge on any atom is -0.465 e. The lowest BCUT2D eigenvalue weighted by atomic mass is 9.85. The molecule has 118 valence electrons. The molecule has 0 aromatic carbocycles. The van der Waals surface area contributed by atoms with Crippen LogP contribution >= 0.6 is 0 Å². The number of ether oxygens (including phenoxy) is 1. The molecule has 4 heteroatoms. The number of esters is 1. The van der Waals surface area contributed by atoms with E-state index in [9.17, 15) is 4.79 Å². The normalized spacial score (nSPS) is 24.6. The molecule has 0 saturated heterocycles. The molecule has 0 aromatic rings. The topological polar surface area (TPSA) is 41.6 Å². The van der Waals surface area contributed by atoms with Gasteiger partial charge in [0.05, 0.1) is 6.61 Å². The van der Waals surface area contributed by atoms with E-state index in [0.717, 1.165) is 25.4 Å². The van der Waals surface area contributed by atoms with Crippen molar-refractivity contribution >= 4 is 5.97 Å². The first-order valence-corrected chi connectivity index (χ1v) is 8.20. The Morgan fingerprint density at radius 1 is 1.35 bits per heavy atom. The van der Waals surface area contributed by atoms with Crippen LogP contribution in [0.1, 0.15) is 52.9 Å². The zero-order chi connectivity index (χ0) is 15.0. The lowest BCUT2D eigenvalue weighted by Gasteiger charge is -2.37. The lowest BCUT2D eigenvalue weighted by Crippen LogP contribution is -2.50. The van der Waals surface area contributed by atoms with E-state index in [1.807, 2.05) is 6.92 Å². The van der Waals surface area contributed by atoms with Crippen LogP contribution in [0, 0.1) is 5.92 Å². The Bertz CT molecular complexity index is 284. The monoisotopic (exact) mass is 284 g/mol. The van der Waals surface area contributed by atoms with E-state index in [1.54, 1.807) is 0 Å². The summed E-state index contributed by atoms with van der Waals surface area (Å²) in [6, 6.07) is 0.401. The minimum absolute atomic E-state index is 0.115. The molecule has 0 radical (unpaired) electrons. The van der Waals surface area contributed by atoms with Gasteiger partial charge in [-0.15, -0.1) is 0 Å². The summed E-state index contributed by atoms with van der Waals surface area (Å²) in [6.45, 7) is 8.36. The quantitative estimate of drug-likeness (QED) is 0.695. The van der Waals surface area contributed by atoms with Crippen molar-refractivity contribution in [3.63, 3.8) is 0 Å². The number of nitrogens with one attached hydrogen (secondary N) is 1. The molecule has 0 aromatic heterocycles. The molecule has 0 heterocycles. The van der Waals surface area contributed by atoms with E-state index in [2.05, 4.69) is 31.1 Å². The third-order valence-corrected chi connectivity index (χ3v) is 4.31. The number of rotatable bonds is 8. The Hall–Kier alpha value is -0.610. The van der Waals surface area contributed by atoms with E-state index in [4.69, 9.17) is 4.74 Å². The smallest absolute Gasteiger partial charge is 0.324 e. The van der Waals surface area contributed by atoms with E-state index < -0.39 is 0 Å². The van der Waals surface area contributed by atoms with Gasteiger partial charge in [0, 0.05) is 12.6 Å². The highest BCUT2D eigenvalue weighted by molar-refractivity contribution is 5.76. The number of nitrogens with zero attached hydrogens (tertiary/aromatic N) is 1. The summed E-state index contributed by atoms with van der Waals surface area (Å²) in [6.07, 6.45) is 6.24. The summed E-state index contributed by atoms with van der Waals surface area (Å²) >= 11 is 0. The van der Waals surface area contributed by atoms with Gasteiger partial charge in [0.1, 0.15) is 6.04 Å². The van der Waals surface area contributed by atoms with Crippen LogP contribution in [0.5, 0.6) is 0 Å². The van der Waals surface area contributed by atoms with Crippen molar-refractivity contribution in [2.45, 2.75) is 65.0 Å². The number of carbonyl (C=O) groups excluding carboxylic acids is 1. The summed E-state index contributed by atoms with van der Waals surface area (Å²) < 4.78 is 5.19. The zero-order valence-corrected chi connectivity index (χ0v) is 13.7. The molecule has 3 unspecified atom stereocenters. The summed E-state index contributed by atoms with van der Waals surface area (Å²) in [5, 5.41) is 3.32. The van der Waals surface area contributed by atoms with Gasteiger partial charge in [-0.25, -0.2) is 0 Å². The number of carbonyl (C=O) groups is 1. The highest BCUT2D eigenvalue weighted by Gasteiger charge is 2.28. The molecule has 1 rings (SSSR count). The molecular weight excluding hydrogens is 252 g/mol. The van der Waals surface area contributed by atoms with Gasteiger partial charge < -0.3 is 15.0 Å². The second kappa shape index (κ2) is 9.35. The number of likely N-dealkylation sites (N-methyl/N-ethyl adjacent to an activating group) is 1. The fourth-order valence-corrected chi connectivity index (χ4v) is 3.16. The summed E-state index contributed by atoms with van der Waals surface area (Å²) in [7, 11) is 2.15.